The third-order valence-electron chi connectivity index (χ3n) is 2.67. The number of rotatable bonds is 7. The number of unbranched alkanes of at least 4 members (excludes halogenated alkanes) is 1. The molecule has 6 heteroatoms. The average molecular weight is 265 g/mol. The number of carbonyl (C=O) groups is 2. The molecule has 0 saturated heterocycles. The van der Waals surface area contributed by atoms with Gasteiger partial charge in [0, 0.05) is 5.69 Å². The number of amides is 1. The van der Waals surface area contributed by atoms with Gasteiger partial charge in [-0.3, -0.25) is 4.79 Å². The molecule has 0 aliphatic heterocycles. The lowest BCUT2D eigenvalue weighted by Gasteiger charge is -2.14. The molecule has 1 heterocycles. The molecular weight excluding hydrogens is 246 g/mol. The van der Waals surface area contributed by atoms with Crippen LogP contribution in [0.2, 0.25) is 0 Å². The molecule has 6 nitrogen and oxygen atoms in total. The van der Waals surface area contributed by atoms with E-state index in [2.05, 4.69) is 10.3 Å². The molecule has 0 radical (unpaired) electrons. The van der Waals surface area contributed by atoms with Crippen LogP contribution in [-0.4, -0.2) is 34.6 Å². The van der Waals surface area contributed by atoms with Gasteiger partial charge in [-0.2, -0.15) is 0 Å². The Morgan fingerprint density at radius 1 is 1.42 bits per heavy atom. The molecule has 0 saturated carbocycles. The van der Waals surface area contributed by atoms with Crippen LogP contribution < -0.4 is 11.1 Å². The van der Waals surface area contributed by atoms with Crippen molar-refractivity contribution in [2.45, 2.75) is 32.2 Å². The van der Waals surface area contributed by atoms with Crippen LogP contribution in [-0.2, 0) is 4.79 Å². The molecule has 1 amide bonds. The van der Waals surface area contributed by atoms with E-state index in [-0.39, 0.29) is 5.69 Å². The summed E-state index contributed by atoms with van der Waals surface area (Å²) in [5.41, 5.74) is 6.29. The summed E-state index contributed by atoms with van der Waals surface area (Å²) in [5, 5.41) is 11.5. The first-order valence-corrected chi connectivity index (χ1v) is 6.22. The first-order valence-electron chi connectivity index (χ1n) is 6.22. The molecule has 104 valence electrons. The topological polar surface area (TPSA) is 105 Å². The highest BCUT2D eigenvalue weighted by molar-refractivity contribution is 5.94. The summed E-state index contributed by atoms with van der Waals surface area (Å²) < 4.78 is 0. The van der Waals surface area contributed by atoms with Gasteiger partial charge in [0.05, 0.1) is 0 Å². The second kappa shape index (κ2) is 7.48. The fourth-order valence-electron chi connectivity index (χ4n) is 1.65. The van der Waals surface area contributed by atoms with Crippen molar-refractivity contribution in [3.05, 3.63) is 29.6 Å². The largest absolute Gasteiger partial charge is 0.480 e. The lowest BCUT2D eigenvalue weighted by Crippen LogP contribution is -2.41. The fourth-order valence-corrected chi connectivity index (χ4v) is 1.65. The van der Waals surface area contributed by atoms with Crippen molar-refractivity contribution in [3.8, 4) is 0 Å². The second-order valence-electron chi connectivity index (χ2n) is 4.31. The standard InChI is InChI=1S/C13H19N3O3/c1-9-5-4-7-10(15-9)12(17)16-11(13(18)19)6-2-3-8-14/h4-5,7,11H,2-3,6,8,14H2,1H3,(H,16,17)(H,18,19). The van der Waals surface area contributed by atoms with Crippen LogP contribution >= 0.6 is 0 Å². The Balaban J connectivity index is 2.63. The third-order valence-corrected chi connectivity index (χ3v) is 2.67. The molecule has 1 unspecified atom stereocenters. The third kappa shape index (κ3) is 5.05. The fraction of sp³-hybridized carbons (Fsp3) is 0.462. The maximum atomic E-state index is 11.9. The van der Waals surface area contributed by atoms with Crippen LogP contribution in [0.4, 0.5) is 0 Å². The SMILES string of the molecule is Cc1cccc(C(=O)NC(CCCCN)C(=O)O)n1. The zero-order valence-electron chi connectivity index (χ0n) is 10.9. The molecule has 0 aliphatic carbocycles. The van der Waals surface area contributed by atoms with Crippen molar-refractivity contribution >= 4 is 11.9 Å². The van der Waals surface area contributed by atoms with Crippen molar-refractivity contribution in [2.75, 3.05) is 6.54 Å². The zero-order valence-corrected chi connectivity index (χ0v) is 10.9. The quantitative estimate of drug-likeness (QED) is 0.629. The van der Waals surface area contributed by atoms with Crippen molar-refractivity contribution in [1.82, 2.24) is 10.3 Å². The maximum Gasteiger partial charge on any atom is 0.326 e. The van der Waals surface area contributed by atoms with Gasteiger partial charge in [-0.1, -0.05) is 6.07 Å². The Hall–Kier alpha value is -1.95. The highest BCUT2D eigenvalue weighted by Crippen LogP contribution is 2.03. The molecule has 19 heavy (non-hydrogen) atoms. The van der Waals surface area contributed by atoms with Crippen molar-refractivity contribution < 1.29 is 14.7 Å². The number of nitrogens with two attached hydrogens (primary N) is 1. The summed E-state index contributed by atoms with van der Waals surface area (Å²) in [6.07, 6.45) is 1.77. The minimum atomic E-state index is -1.04. The first-order chi connectivity index (χ1) is 9.04. The van der Waals surface area contributed by atoms with Gasteiger partial charge in [-0.15, -0.1) is 0 Å². The van der Waals surface area contributed by atoms with E-state index in [9.17, 15) is 9.59 Å². The molecule has 1 aromatic heterocycles. The number of nitrogens with zero attached hydrogens (tertiary/aromatic N) is 1. The summed E-state index contributed by atoms with van der Waals surface area (Å²) in [7, 11) is 0. The Bertz CT molecular complexity index is 449. The molecule has 0 spiro atoms. The van der Waals surface area contributed by atoms with E-state index in [0.29, 0.717) is 25.1 Å². The van der Waals surface area contributed by atoms with Gasteiger partial charge in [0.15, 0.2) is 0 Å². The molecule has 4 N–H and O–H groups in total. The van der Waals surface area contributed by atoms with E-state index in [1.54, 1.807) is 25.1 Å². The zero-order chi connectivity index (χ0) is 14.3. The summed E-state index contributed by atoms with van der Waals surface area (Å²) in [6.45, 7) is 2.28. The number of carboxylic acids is 1. The monoisotopic (exact) mass is 265 g/mol. The maximum absolute atomic E-state index is 11.9. The van der Waals surface area contributed by atoms with E-state index in [0.717, 1.165) is 6.42 Å². The van der Waals surface area contributed by atoms with Crippen LogP contribution in [0, 0.1) is 6.92 Å². The van der Waals surface area contributed by atoms with Crippen molar-refractivity contribution in [1.29, 1.82) is 0 Å². The Morgan fingerprint density at radius 2 is 2.16 bits per heavy atom. The molecule has 0 aromatic carbocycles. The highest BCUT2D eigenvalue weighted by Gasteiger charge is 2.20. The summed E-state index contributed by atoms with van der Waals surface area (Å²) in [6, 6.07) is 4.14. The van der Waals surface area contributed by atoms with Gasteiger partial charge in [-0.05, 0) is 44.9 Å². The van der Waals surface area contributed by atoms with E-state index < -0.39 is 17.9 Å². The van der Waals surface area contributed by atoms with Crippen LogP contribution in [0.1, 0.15) is 35.4 Å². The van der Waals surface area contributed by atoms with E-state index in [1.807, 2.05) is 0 Å². The summed E-state index contributed by atoms with van der Waals surface area (Å²) in [5.74, 6) is -1.51. The number of carbonyl (C=O) groups excluding carboxylic acids is 1. The minimum absolute atomic E-state index is 0.227. The summed E-state index contributed by atoms with van der Waals surface area (Å²) in [4.78, 5) is 27.0. The number of hydrogen-bond acceptors (Lipinski definition) is 4. The van der Waals surface area contributed by atoms with Crippen molar-refractivity contribution in [3.63, 3.8) is 0 Å². The van der Waals surface area contributed by atoms with E-state index in [4.69, 9.17) is 10.8 Å². The number of aryl methyl sites for hydroxylation is 1. The predicted octanol–water partition coefficient (Wildman–Crippen LogP) is 0.702. The number of carboxylic acid groups (broad SMARTS) is 1. The van der Waals surface area contributed by atoms with Gasteiger partial charge < -0.3 is 16.2 Å². The molecule has 1 atom stereocenters. The minimum Gasteiger partial charge on any atom is -0.480 e. The molecule has 1 rings (SSSR count). The summed E-state index contributed by atoms with van der Waals surface area (Å²) >= 11 is 0. The number of aliphatic carboxylic acids is 1. The Kier molecular flexibility index (Phi) is 5.95. The smallest absolute Gasteiger partial charge is 0.326 e. The molecule has 0 fully saturated rings. The second-order valence-corrected chi connectivity index (χ2v) is 4.31. The Labute approximate surface area is 112 Å². The van der Waals surface area contributed by atoms with Crippen LogP contribution in [0.15, 0.2) is 18.2 Å². The molecular formula is C13H19N3O3. The number of nitrogens with one attached hydrogen (secondary N) is 1. The molecule has 0 aliphatic rings. The van der Waals surface area contributed by atoms with Crippen LogP contribution in [0.3, 0.4) is 0 Å². The Morgan fingerprint density at radius 3 is 2.74 bits per heavy atom. The van der Waals surface area contributed by atoms with E-state index >= 15 is 0 Å². The molecule has 1 aromatic rings. The van der Waals surface area contributed by atoms with Crippen LogP contribution in [0.5, 0.6) is 0 Å². The average Bonchev–Trinajstić information content (AvgIpc) is 2.37. The molecule has 0 bridgehead atoms. The lowest BCUT2D eigenvalue weighted by atomic mass is 10.1. The van der Waals surface area contributed by atoms with E-state index in [1.165, 1.54) is 0 Å². The van der Waals surface area contributed by atoms with Crippen LogP contribution in [0.25, 0.3) is 0 Å². The highest BCUT2D eigenvalue weighted by atomic mass is 16.4. The van der Waals surface area contributed by atoms with Gasteiger partial charge in [0.1, 0.15) is 11.7 Å². The number of aromatic nitrogens is 1. The normalized spacial score (nSPS) is 11.9. The van der Waals surface area contributed by atoms with Crippen molar-refractivity contribution in [2.24, 2.45) is 5.73 Å². The van der Waals surface area contributed by atoms with Gasteiger partial charge in [0.2, 0.25) is 0 Å². The predicted molar refractivity (Wildman–Crippen MR) is 70.8 cm³/mol. The number of pyridine rings is 1. The first kappa shape index (κ1) is 15.1. The number of hydrogen-bond donors (Lipinski definition) is 3. The lowest BCUT2D eigenvalue weighted by molar-refractivity contribution is -0.139. The van der Waals surface area contributed by atoms with Gasteiger partial charge in [-0.25, -0.2) is 9.78 Å². The van der Waals surface area contributed by atoms with Gasteiger partial charge >= 0.3 is 5.97 Å². The van der Waals surface area contributed by atoms with Gasteiger partial charge in [0.25, 0.3) is 5.91 Å².